The van der Waals surface area contributed by atoms with E-state index in [2.05, 4.69) is 24.2 Å². The van der Waals surface area contributed by atoms with Crippen molar-refractivity contribution in [3.8, 4) is 0 Å². The van der Waals surface area contributed by atoms with Crippen LogP contribution in [0.4, 0.5) is 0 Å². The Bertz CT molecular complexity index is 314. The third kappa shape index (κ3) is 2.75. The van der Waals surface area contributed by atoms with E-state index in [-0.39, 0.29) is 0 Å². The van der Waals surface area contributed by atoms with E-state index in [1.54, 1.807) is 11.7 Å². The van der Waals surface area contributed by atoms with Gasteiger partial charge in [-0.05, 0) is 12.3 Å². The molecule has 0 saturated heterocycles. The van der Waals surface area contributed by atoms with Crippen LogP contribution in [0.2, 0.25) is 0 Å². The van der Waals surface area contributed by atoms with Gasteiger partial charge in [0.1, 0.15) is 5.69 Å². The Morgan fingerprint density at radius 3 is 2.36 bits per heavy atom. The minimum atomic E-state index is -1.49. The molecule has 0 atom stereocenters. The summed E-state index contributed by atoms with van der Waals surface area (Å²) in [5.74, 6) is 0.471. The molecule has 3 nitrogen and oxygen atoms in total. The van der Waals surface area contributed by atoms with Crippen molar-refractivity contribution in [3.63, 3.8) is 0 Å². The molecule has 1 heterocycles. The molecule has 0 aliphatic rings. The van der Waals surface area contributed by atoms with Gasteiger partial charge in [-0.1, -0.05) is 53.9 Å². The second-order valence-corrected chi connectivity index (χ2v) is 5.89. The first-order chi connectivity index (χ1) is 6.32. The molecule has 0 fully saturated rings. The van der Waals surface area contributed by atoms with Crippen molar-refractivity contribution in [2.45, 2.75) is 24.1 Å². The summed E-state index contributed by atoms with van der Waals surface area (Å²) < 4.78 is 0.162. The van der Waals surface area contributed by atoms with Crippen LogP contribution in [0.3, 0.4) is 0 Å². The lowest BCUT2D eigenvalue weighted by molar-refractivity contribution is 0.588. The Kier molecular flexibility index (Phi) is 3.67. The van der Waals surface area contributed by atoms with Crippen molar-refractivity contribution in [2.24, 2.45) is 13.0 Å². The average molecular weight is 257 g/mol. The van der Waals surface area contributed by atoms with Crippen LogP contribution < -0.4 is 0 Å². The number of nitrogens with zero attached hydrogens (tertiary/aromatic N) is 3. The fourth-order valence-corrected chi connectivity index (χ4v) is 1.65. The maximum Gasteiger partial charge on any atom is 0.236 e. The summed E-state index contributed by atoms with van der Waals surface area (Å²) in [6.45, 7) is 4.18. The number of aromatic nitrogens is 3. The predicted molar refractivity (Wildman–Crippen MR) is 58.8 cm³/mol. The highest BCUT2D eigenvalue weighted by atomic mass is 35.6. The molecule has 1 rings (SSSR count). The lowest BCUT2D eigenvalue weighted by Crippen LogP contribution is -2.10. The molecule has 0 saturated carbocycles. The maximum absolute atomic E-state index is 5.78. The molecule has 1 aromatic heterocycles. The molecule has 0 bridgehead atoms. The zero-order valence-electron chi connectivity index (χ0n) is 8.26. The number of hydrogen-bond acceptors (Lipinski definition) is 2. The first-order valence-corrected chi connectivity index (χ1v) is 5.41. The minimum Gasteiger partial charge on any atom is -0.252 e. The molecule has 80 valence electrons. The summed E-state index contributed by atoms with van der Waals surface area (Å²) in [5, 5.41) is 7.71. The Labute approximate surface area is 98.3 Å². The largest absolute Gasteiger partial charge is 0.252 e. The van der Waals surface area contributed by atoms with Crippen LogP contribution in [0.1, 0.15) is 25.2 Å². The summed E-state index contributed by atoms with van der Waals surface area (Å²) in [5.41, 5.74) is 1.30. The molecular weight excluding hydrogens is 244 g/mol. The van der Waals surface area contributed by atoms with Crippen LogP contribution in [0.5, 0.6) is 0 Å². The van der Waals surface area contributed by atoms with Gasteiger partial charge < -0.3 is 0 Å². The van der Waals surface area contributed by atoms with Crippen molar-refractivity contribution < 1.29 is 0 Å². The highest BCUT2D eigenvalue weighted by Gasteiger charge is 2.31. The molecule has 0 aliphatic heterocycles. The van der Waals surface area contributed by atoms with Gasteiger partial charge in [0.15, 0.2) is 0 Å². The van der Waals surface area contributed by atoms with Crippen molar-refractivity contribution in [1.82, 2.24) is 15.0 Å². The van der Waals surface area contributed by atoms with Gasteiger partial charge in [-0.3, -0.25) is 4.68 Å². The number of halogens is 3. The van der Waals surface area contributed by atoms with Crippen molar-refractivity contribution in [3.05, 3.63) is 11.4 Å². The highest BCUT2D eigenvalue weighted by Crippen LogP contribution is 2.38. The molecule has 0 unspecified atom stereocenters. The highest BCUT2D eigenvalue weighted by molar-refractivity contribution is 6.66. The standard InChI is InChI=1S/C8H12Cl3N3/c1-5(2)4-6-7(8(9,10)11)12-13-14(6)3/h5H,4H2,1-3H3. The number of alkyl halides is 3. The van der Waals surface area contributed by atoms with Crippen LogP contribution in [0.15, 0.2) is 0 Å². The van der Waals surface area contributed by atoms with Crippen molar-refractivity contribution in [1.29, 1.82) is 0 Å². The third-order valence-electron chi connectivity index (χ3n) is 1.81. The van der Waals surface area contributed by atoms with E-state index < -0.39 is 3.79 Å². The second-order valence-electron chi connectivity index (χ2n) is 3.60. The molecule has 0 spiro atoms. The summed E-state index contributed by atoms with van der Waals surface area (Å²) >= 11 is 17.3. The van der Waals surface area contributed by atoms with Crippen molar-refractivity contribution in [2.75, 3.05) is 0 Å². The molecule has 14 heavy (non-hydrogen) atoms. The lowest BCUT2D eigenvalue weighted by atomic mass is 10.1. The van der Waals surface area contributed by atoms with Gasteiger partial charge in [0.25, 0.3) is 0 Å². The average Bonchev–Trinajstić information content (AvgIpc) is 2.30. The molecule has 0 aliphatic carbocycles. The molecular formula is C8H12Cl3N3. The fraction of sp³-hybridized carbons (Fsp3) is 0.750. The molecule has 0 aromatic carbocycles. The fourth-order valence-electron chi connectivity index (χ4n) is 1.21. The van der Waals surface area contributed by atoms with Crippen molar-refractivity contribution >= 4 is 34.8 Å². The number of hydrogen-bond donors (Lipinski definition) is 0. The Hall–Kier alpha value is 0.01000. The van der Waals surface area contributed by atoms with E-state index in [0.717, 1.165) is 12.1 Å². The zero-order chi connectivity index (χ0) is 10.9. The van der Waals surface area contributed by atoms with E-state index in [1.165, 1.54) is 0 Å². The maximum atomic E-state index is 5.78. The van der Waals surface area contributed by atoms with Gasteiger partial charge >= 0.3 is 0 Å². The van der Waals surface area contributed by atoms with Gasteiger partial charge in [-0.2, -0.15) is 0 Å². The first kappa shape index (κ1) is 12.1. The van der Waals surface area contributed by atoms with Crippen LogP contribution in [0, 0.1) is 5.92 Å². The monoisotopic (exact) mass is 255 g/mol. The Balaban J connectivity index is 3.06. The van der Waals surface area contributed by atoms with Crippen LogP contribution >= 0.6 is 34.8 Å². The summed E-state index contributed by atoms with van der Waals surface area (Å²) in [6, 6.07) is 0. The Morgan fingerprint density at radius 1 is 1.36 bits per heavy atom. The van der Waals surface area contributed by atoms with Gasteiger partial charge in [-0.15, -0.1) is 5.10 Å². The van der Waals surface area contributed by atoms with E-state index in [9.17, 15) is 0 Å². The first-order valence-electron chi connectivity index (χ1n) is 4.28. The van der Waals surface area contributed by atoms with Crippen LogP contribution in [-0.4, -0.2) is 15.0 Å². The zero-order valence-corrected chi connectivity index (χ0v) is 10.5. The van der Waals surface area contributed by atoms with Crippen LogP contribution in [0.25, 0.3) is 0 Å². The second kappa shape index (κ2) is 4.25. The number of rotatable bonds is 2. The summed E-state index contributed by atoms with van der Waals surface area (Å²) in [7, 11) is 1.80. The van der Waals surface area contributed by atoms with Gasteiger partial charge in [0.05, 0.1) is 5.69 Å². The SMILES string of the molecule is CC(C)Cc1c(C(Cl)(Cl)Cl)nnn1C. The van der Waals surface area contributed by atoms with Gasteiger partial charge in [0.2, 0.25) is 3.79 Å². The topological polar surface area (TPSA) is 30.7 Å². The lowest BCUT2D eigenvalue weighted by Gasteiger charge is -2.11. The van der Waals surface area contributed by atoms with E-state index >= 15 is 0 Å². The minimum absolute atomic E-state index is 0.429. The number of aryl methyl sites for hydroxylation is 1. The Morgan fingerprint density at radius 2 is 1.93 bits per heavy atom. The summed E-state index contributed by atoms with van der Waals surface area (Å²) in [6.07, 6.45) is 0.798. The van der Waals surface area contributed by atoms with E-state index in [1.807, 2.05) is 0 Å². The molecule has 0 amide bonds. The molecule has 1 aromatic rings. The predicted octanol–water partition coefficient (Wildman–Crippen LogP) is 2.84. The van der Waals surface area contributed by atoms with Crippen LogP contribution in [-0.2, 0) is 17.3 Å². The smallest absolute Gasteiger partial charge is 0.236 e. The summed E-state index contributed by atoms with van der Waals surface area (Å²) in [4.78, 5) is 0. The van der Waals surface area contributed by atoms with Gasteiger partial charge in [0, 0.05) is 7.05 Å². The molecule has 6 heteroatoms. The molecule has 0 radical (unpaired) electrons. The van der Waals surface area contributed by atoms with Gasteiger partial charge in [-0.25, -0.2) is 0 Å². The molecule has 0 N–H and O–H groups in total. The van der Waals surface area contributed by atoms with E-state index in [0.29, 0.717) is 11.6 Å². The third-order valence-corrected chi connectivity index (χ3v) is 2.35. The van der Waals surface area contributed by atoms with E-state index in [4.69, 9.17) is 34.8 Å². The quantitative estimate of drug-likeness (QED) is 0.762. The normalized spacial score (nSPS) is 12.5.